The fraction of sp³-hybridized carbons (Fsp3) is 0.250. The second kappa shape index (κ2) is 6.07. The summed E-state index contributed by atoms with van der Waals surface area (Å²) in [6, 6.07) is 20.6. The third kappa shape index (κ3) is 2.95. The van der Waals surface area contributed by atoms with Crippen LogP contribution in [-0.4, -0.2) is 5.11 Å². The molecule has 3 aromatic rings. The van der Waals surface area contributed by atoms with Crippen LogP contribution >= 0.6 is 0 Å². The van der Waals surface area contributed by atoms with E-state index in [4.69, 9.17) is 0 Å². The lowest BCUT2D eigenvalue weighted by Crippen LogP contribution is -2.14. The van der Waals surface area contributed by atoms with Gasteiger partial charge in [-0.2, -0.15) is 0 Å². The first-order chi connectivity index (χ1) is 12.1. The summed E-state index contributed by atoms with van der Waals surface area (Å²) in [5, 5.41) is 12.2. The zero-order valence-electron chi connectivity index (χ0n) is 14.9. The van der Waals surface area contributed by atoms with Crippen molar-refractivity contribution >= 4 is 16.3 Å². The van der Waals surface area contributed by atoms with Crippen LogP contribution in [0.3, 0.4) is 0 Å². The van der Waals surface area contributed by atoms with Crippen molar-refractivity contribution in [3.63, 3.8) is 0 Å². The standard InChI is InChI=1S/C24H24O/c1-24(2)15-13-17(14-16-24)18-7-3-4-8-19(18)21-11-12-23(25)22-10-6-5-9-20(21)22/h3-13,25H,14-16H2,1-2H3. The van der Waals surface area contributed by atoms with Crippen molar-refractivity contribution in [2.24, 2.45) is 5.41 Å². The van der Waals surface area contributed by atoms with Crippen molar-refractivity contribution in [2.75, 3.05) is 0 Å². The van der Waals surface area contributed by atoms with E-state index < -0.39 is 0 Å². The number of hydrogen-bond donors (Lipinski definition) is 1. The highest BCUT2D eigenvalue weighted by atomic mass is 16.3. The van der Waals surface area contributed by atoms with Gasteiger partial charge in [-0.15, -0.1) is 0 Å². The molecule has 0 fully saturated rings. The Morgan fingerprint density at radius 1 is 0.760 bits per heavy atom. The van der Waals surface area contributed by atoms with Crippen LogP contribution in [0.5, 0.6) is 5.75 Å². The normalized spacial score (nSPS) is 16.6. The molecule has 0 radical (unpaired) electrons. The predicted octanol–water partition coefficient (Wildman–Crippen LogP) is 6.81. The van der Waals surface area contributed by atoms with Gasteiger partial charge >= 0.3 is 0 Å². The first-order valence-electron chi connectivity index (χ1n) is 9.05. The molecule has 3 aromatic carbocycles. The molecule has 0 saturated heterocycles. The molecule has 0 bridgehead atoms. The maximum absolute atomic E-state index is 10.2. The molecule has 1 heteroatoms. The molecule has 0 saturated carbocycles. The summed E-state index contributed by atoms with van der Waals surface area (Å²) in [6.07, 6.45) is 5.90. The molecule has 1 aliphatic rings. The number of aromatic hydroxyl groups is 1. The number of fused-ring (bicyclic) bond motifs is 1. The van der Waals surface area contributed by atoms with Crippen LogP contribution < -0.4 is 0 Å². The van der Waals surface area contributed by atoms with Gasteiger partial charge in [-0.1, -0.05) is 74.5 Å². The predicted molar refractivity (Wildman–Crippen MR) is 107 cm³/mol. The highest BCUT2D eigenvalue weighted by Crippen LogP contribution is 2.42. The molecule has 0 atom stereocenters. The molecular weight excluding hydrogens is 304 g/mol. The van der Waals surface area contributed by atoms with Gasteiger partial charge in [-0.25, -0.2) is 0 Å². The summed E-state index contributed by atoms with van der Waals surface area (Å²) in [4.78, 5) is 0. The van der Waals surface area contributed by atoms with E-state index in [1.165, 1.54) is 28.7 Å². The Morgan fingerprint density at radius 3 is 2.16 bits per heavy atom. The summed E-state index contributed by atoms with van der Waals surface area (Å²) in [5.74, 6) is 0.343. The number of phenols is 1. The van der Waals surface area contributed by atoms with Crippen molar-refractivity contribution in [2.45, 2.75) is 33.1 Å². The largest absolute Gasteiger partial charge is 0.507 e. The summed E-state index contributed by atoms with van der Waals surface area (Å²) in [7, 11) is 0. The molecule has 0 spiro atoms. The number of allylic oxidation sites excluding steroid dienone is 2. The molecule has 1 nitrogen and oxygen atoms in total. The van der Waals surface area contributed by atoms with E-state index >= 15 is 0 Å². The number of hydrogen-bond acceptors (Lipinski definition) is 1. The minimum absolute atomic E-state index is 0.343. The van der Waals surface area contributed by atoms with Gasteiger partial charge in [0.15, 0.2) is 0 Å². The lowest BCUT2D eigenvalue weighted by atomic mass is 9.76. The topological polar surface area (TPSA) is 20.2 Å². The van der Waals surface area contributed by atoms with Crippen LogP contribution in [0.15, 0.2) is 66.7 Å². The fourth-order valence-electron chi connectivity index (χ4n) is 3.84. The Bertz CT molecular complexity index is 963. The number of rotatable bonds is 2. The smallest absolute Gasteiger partial charge is 0.123 e. The molecule has 0 amide bonds. The van der Waals surface area contributed by atoms with Crippen LogP contribution in [0.2, 0.25) is 0 Å². The zero-order valence-corrected chi connectivity index (χ0v) is 14.9. The Morgan fingerprint density at radius 2 is 1.44 bits per heavy atom. The third-order valence-corrected chi connectivity index (χ3v) is 5.44. The highest BCUT2D eigenvalue weighted by molar-refractivity contribution is 6.02. The number of phenolic OH excluding ortho intramolecular Hbond substituents is 1. The van der Waals surface area contributed by atoms with Crippen molar-refractivity contribution in [1.82, 2.24) is 0 Å². The second-order valence-electron chi connectivity index (χ2n) is 7.82. The molecule has 126 valence electrons. The molecule has 0 heterocycles. The van der Waals surface area contributed by atoms with Gasteiger partial charge < -0.3 is 5.11 Å². The van der Waals surface area contributed by atoms with Gasteiger partial charge in [0.2, 0.25) is 0 Å². The van der Waals surface area contributed by atoms with Gasteiger partial charge in [0.05, 0.1) is 0 Å². The van der Waals surface area contributed by atoms with E-state index in [0.29, 0.717) is 11.2 Å². The summed E-state index contributed by atoms with van der Waals surface area (Å²) < 4.78 is 0. The van der Waals surface area contributed by atoms with Gasteiger partial charge in [0, 0.05) is 5.39 Å². The van der Waals surface area contributed by atoms with Crippen LogP contribution in [0.1, 0.15) is 38.7 Å². The first-order valence-corrected chi connectivity index (χ1v) is 9.05. The molecule has 4 rings (SSSR count). The van der Waals surface area contributed by atoms with Crippen molar-refractivity contribution in [3.8, 4) is 16.9 Å². The highest BCUT2D eigenvalue weighted by Gasteiger charge is 2.23. The van der Waals surface area contributed by atoms with Crippen LogP contribution in [-0.2, 0) is 0 Å². The third-order valence-electron chi connectivity index (χ3n) is 5.44. The molecule has 0 aromatic heterocycles. The number of benzene rings is 3. The van der Waals surface area contributed by atoms with Gasteiger partial charge in [-0.3, -0.25) is 0 Å². The maximum Gasteiger partial charge on any atom is 0.123 e. The van der Waals surface area contributed by atoms with Crippen LogP contribution in [0.25, 0.3) is 27.5 Å². The van der Waals surface area contributed by atoms with E-state index in [9.17, 15) is 5.11 Å². The average molecular weight is 328 g/mol. The maximum atomic E-state index is 10.2. The molecule has 25 heavy (non-hydrogen) atoms. The Hall–Kier alpha value is -2.54. The van der Waals surface area contributed by atoms with E-state index in [1.54, 1.807) is 0 Å². The van der Waals surface area contributed by atoms with Gasteiger partial charge in [0.25, 0.3) is 0 Å². The fourth-order valence-corrected chi connectivity index (χ4v) is 3.84. The van der Waals surface area contributed by atoms with Gasteiger partial charge in [-0.05, 0) is 58.4 Å². The van der Waals surface area contributed by atoms with Crippen molar-refractivity contribution in [3.05, 3.63) is 72.3 Å². The van der Waals surface area contributed by atoms with Gasteiger partial charge in [0.1, 0.15) is 5.75 Å². The molecule has 1 aliphatic carbocycles. The second-order valence-corrected chi connectivity index (χ2v) is 7.82. The summed E-state index contributed by atoms with van der Waals surface area (Å²) in [6.45, 7) is 4.69. The average Bonchev–Trinajstić information content (AvgIpc) is 2.63. The summed E-state index contributed by atoms with van der Waals surface area (Å²) in [5.41, 5.74) is 5.63. The SMILES string of the molecule is CC1(C)CC=C(c2ccccc2-c2ccc(O)c3ccccc23)CC1. The Balaban J connectivity index is 1.89. The minimum Gasteiger partial charge on any atom is -0.507 e. The van der Waals surface area contributed by atoms with E-state index in [0.717, 1.165) is 23.6 Å². The lowest BCUT2D eigenvalue weighted by Gasteiger charge is -2.29. The van der Waals surface area contributed by atoms with E-state index in [2.05, 4.69) is 50.3 Å². The zero-order chi connectivity index (χ0) is 17.4. The quantitative estimate of drug-likeness (QED) is 0.548. The van der Waals surface area contributed by atoms with Crippen molar-refractivity contribution < 1.29 is 5.11 Å². The monoisotopic (exact) mass is 328 g/mol. The molecule has 0 unspecified atom stereocenters. The van der Waals surface area contributed by atoms with Crippen molar-refractivity contribution in [1.29, 1.82) is 0 Å². The molecular formula is C24H24O. The van der Waals surface area contributed by atoms with Crippen LogP contribution in [0, 0.1) is 5.41 Å². The van der Waals surface area contributed by atoms with E-state index in [-0.39, 0.29) is 0 Å². The summed E-state index contributed by atoms with van der Waals surface area (Å²) >= 11 is 0. The Labute approximate surface area is 149 Å². The van der Waals surface area contributed by atoms with E-state index in [1.807, 2.05) is 30.3 Å². The molecule has 1 N–H and O–H groups in total. The van der Waals surface area contributed by atoms with Crippen LogP contribution in [0.4, 0.5) is 0 Å². The minimum atomic E-state index is 0.343. The lowest BCUT2D eigenvalue weighted by molar-refractivity contribution is 0.335. The first kappa shape index (κ1) is 16.0. The Kier molecular flexibility index (Phi) is 3.88. The molecule has 0 aliphatic heterocycles.